The van der Waals surface area contributed by atoms with E-state index >= 15 is 0 Å². The normalized spacial score (nSPS) is 12.5. The van der Waals surface area contributed by atoms with Gasteiger partial charge >= 0.3 is 0 Å². The van der Waals surface area contributed by atoms with E-state index in [4.69, 9.17) is 0 Å². The van der Waals surface area contributed by atoms with Gasteiger partial charge in [0.25, 0.3) is 0 Å². The zero-order valence-corrected chi connectivity index (χ0v) is 12.8. The van der Waals surface area contributed by atoms with Gasteiger partial charge in [0.15, 0.2) is 0 Å². The molecule has 0 fully saturated rings. The molecular weight excluding hydrogens is 302 g/mol. The van der Waals surface area contributed by atoms with E-state index in [2.05, 4.69) is 62.4 Å². The first kappa shape index (κ1) is 14.3. The molecule has 2 rings (SSSR count). The van der Waals surface area contributed by atoms with Gasteiger partial charge in [0, 0.05) is 29.3 Å². The summed E-state index contributed by atoms with van der Waals surface area (Å²) in [7, 11) is 0. The third-order valence-electron chi connectivity index (χ3n) is 3.09. The van der Waals surface area contributed by atoms with Crippen molar-refractivity contribution in [1.82, 2.24) is 15.3 Å². The Balaban J connectivity index is 1.64. The number of benzene rings is 1. The molecule has 102 valence electrons. The Morgan fingerprint density at radius 3 is 2.79 bits per heavy atom. The minimum absolute atomic E-state index is 0.498. The van der Waals surface area contributed by atoms with Crippen LogP contribution in [-0.2, 0) is 12.8 Å². The molecule has 0 aliphatic heterocycles. The number of hydrogen-bond donors (Lipinski definition) is 2. The summed E-state index contributed by atoms with van der Waals surface area (Å²) in [6.07, 6.45) is 6.86. The molecule has 4 heteroatoms. The Morgan fingerprint density at radius 1 is 1.32 bits per heavy atom. The van der Waals surface area contributed by atoms with Crippen LogP contribution in [0.3, 0.4) is 0 Å². The van der Waals surface area contributed by atoms with Gasteiger partial charge in [-0.15, -0.1) is 0 Å². The number of aromatic nitrogens is 2. The Hall–Kier alpha value is -1.13. The number of aryl methyl sites for hydroxylation is 1. The lowest BCUT2D eigenvalue weighted by Crippen LogP contribution is -2.29. The fourth-order valence-corrected chi connectivity index (χ4v) is 2.35. The quantitative estimate of drug-likeness (QED) is 0.768. The van der Waals surface area contributed by atoms with Crippen molar-refractivity contribution in [3.8, 4) is 0 Å². The highest BCUT2D eigenvalue weighted by atomic mass is 79.9. The molecule has 0 saturated heterocycles. The van der Waals surface area contributed by atoms with Crippen LogP contribution in [0.25, 0.3) is 0 Å². The molecule has 0 spiro atoms. The number of imidazole rings is 1. The van der Waals surface area contributed by atoms with Crippen LogP contribution in [-0.4, -0.2) is 22.6 Å². The van der Waals surface area contributed by atoms with E-state index in [0.717, 1.165) is 36.1 Å². The summed E-state index contributed by atoms with van der Waals surface area (Å²) in [5, 5.41) is 3.55. The number of hydrogen-bond acceptors (Lipinski definition) is 2. The first-order valence-corrected chi connectivity index (χ1v) is 7.49. The maximum atomic E-state index is 4.22. The minimum Gasteiger partial charge on any atom is -0.349 e. The van der Waals surface area contributed by atoms with Crippen LogP contribution < -0.4 is 5.32 Å². The number of nitrogens with zero attached hydrogens (tertiary/aromatic N) is 1. The van der Waals surface area contributed by atoms with Crippen LogP contribution in [0.4, 0.5) is 0 Å². The van der Waals surface area contributed by atoms with E-state index in [1.54, 1.807) is 6.20 Å². The zero-order chi connectivity index (χ0) is 13.5. The van der Waals surface area contributed by atoms with Crippen molar-refractivity contribution in [2.24, 2.45) is 0 Å². The van der Waals surface area contributed by atoms with E-state index in [1.807, 2.05) is 6.20 Å². The van der Waals surface area contributed by atoms with Gasteiger partial charge in [-0.25, -0.2) is 4.98 Å². The number of halogens is 1. The molecular formula is C15H20BrN3. The summed E-state index contributed by atoms with van der Waals surface area (Å²) in [5.41, 5.74) is 1.37. The van der Waals surface area contributed by atoms with Crippen molar-refractivity contribution in [2.45, 2.75) is 32.2 Å². The number of rotatable bonds is 7. The molecule has 1 heterocycles. The number of H-pyrrole nitrogens is 1. The Kier molecular flexibility index (Phi) is 5.61. The summed E-state index contributed by atoms with van der Waals surface area (Å²) in [4.78, 5) is 7.35. The van der Waals surface area contributed by atoms with Crippen molar-refractivity contribution in [3.05, 3.63) is 52.5 Å². The molecule has 1 atom stereocenters. The second-order valence-electron chi connectivity index (χ2n) is 4.83. The first-order valence-electron chi connectivity index (χ1n) is 6.70. The lowest BCUT2D eigenvalue weighted by Gasteiger charge is -2.13. The average Bonchev–Trinajstić information content (AvgIpc) is 2.91. The lowest BCUT2D eigenvalue weighted by atomic mass is 10.1. The van der Waals surface area contributed by atoms with Gasteiger partial charge in [-0.1, -0.05) is 28.1 Å². The molecule has 1 unspecified atom stereocenters. The molecule has 0 saturated carbocycles. The molecule has 0 radical (unpaired) electrons. The highest BCUT2D eigenvalue weighted by Crippen LogP contribution is 2.11. The first-order chi connectivity index (χ1) is 9.24. The molecule has 2 N–H and O–H groups in total. The zero-order valence-electron chi connectivity index (χ0n) is 11.2. The smallest absolute Gasteiger partial charge is 0.106 e. The summed E-state index contributed by atoms with van der Waals surface area (Å²) in [6, 6.07) is 9.03. The molecule has 2 aromatic rings. The van der Waals surface area contributed by atoms with Crippen LogP contribution in [0, 0.1) is 0 Å². The summed E-state index contributed by atoms with van der Waals surface area (Å²) in [6.45, 7) is 3.26. The monoisotopic (exact) mass is 321 g/mol. The van der Waals surface area contributed by atoms with E-state index in [-0.39, 0.29) is 0 Å². The van der Waals surface area contributed by atoms with Gasteiger partial charge < -0.3 is 10.3 Å². The Morgan fingerprint density at radius 2 is 2.11 bits per heavy atom. The summed E-state index contributed by atoms with van der Waals surface area (Å²) in [5.74, 6) is 1.07. The van der Waals surface area contributed by atoms with Crippen molar-refractivity contribution in [3.63, 3.8) is 0 Å². The minimum atomic E-state index is 0.498. The maximum absolute atomic E-state index is 4.22. The molecule has 19 heavy (non-hydrogen) atoms. The number of aromatic amines is 1. The van der Waals surface area contributed by atoms with Gasteiger partial charge in [-0.2, -0.15) is 0 Å². The highest BCUT2D eigenvalue weighted by Gasteiger charge is 2.03. The number of nitrogens with one attached hydrogen (secondary N) is 2. The second-order valence-corrected chi connectivity index (χ2v) is 5.74. The average molecular weight is 322 g/mol. The van der Waals surface area contributed by atoms with Gasteiger partial charge in [0.2, 0.25) is 0 Å². The molecule has 0 aliphatic rings. The van der Waals surface area contributed by atoms with Crippen molar-refractivity contribution >= 4 is 15.9 Å². The SMILES string of the molecule is CC(Cc1ccc(Br)cc1)NCCCc1ncc[nH]1. The third kappa shape index (κ3) is 5.17. The van der Waals surface area contributed by atoms with Crippen molar-refractivity contribution < 1.29 is 0 Å². The molecule has 0 aliphatic carbocycles. The largest absolute Gasteiger partial charge is 0.349 e. The van der Waals surface area contributed by atoms with E-state index in [0.29, 0.717) is 6.04 Å². The standard InChI is InChI=1S/C15H20BrN3/c1-12(11-13-4-6-14(16)7-5-13)17-8-2-3-15-18-9-10-19-15/h4-7,9-10,12,17H,2-3,8,11H2,1H3,(H,18,19). The van der Waals surface area contributed by atoms with E-state index < -0.39 is 0 Å². The summed E-state index contributed by atoms with van der Waals surface area (Å²) >= 11 is 3.46. The van der Waals surface area contributed by atoms with Gasteiger partial charge in [-0.05, 0) is 44.0 Å². The van der Waals surface area contributed by atoms with Gasteiger partial charge in [0.05, 0.1) is 0 Å². The molecule has 1 aromatic heterocycles. The van der Waals surface area contributed by atoms with Crippen LogP contribution in [0.5, 0.6) is 0 Å². The predicted molar refractivity (Wildman–Crippen MR) is 82.2 cm³/mol. The molecule has 1 aromatic carbocycles. The predicted octanol–water partition coefficient (Wildman–Crippen LogP) is 3.33. The van der Waals surface area contributed by atoms with Crippen LogP contribution in [0.1, 0.15) is 24.7 Å². The fourth-order valence-electron chi connectivity index (χ4n) is 2.09. The van der Waals surface area contributed by atoms with Crippen LogP contribution in [0.2, 0.25) is 0 Å². The molecule has 0 amide bonds. The molecule has 3 nitrogen and oxygen atoms in total. The lowest BCUT2D eigenvalue weighted by molar-refractivity contribution is 0.531. The van der Waals surface area contributed by atoms with E-state index in [9.17, 15) is 0 Å². The van der Waals surface area contributed by atoms with Crippen LogP contribution >= 0.6 is 15.9 Å². The highest BCUT2D eigenvalue weighted by molar-refractivity contribution is 9.10. The van der Waals surface area contributed by atoms with Crippen molar-refractivity contribution in [1.29, 1.82) is 0 Å². The maximum Gasteiger partial charge on any atom is 0.106 e. The second kappa shape index (κ2) is 7.46. The van der Waals surface area contributed by atoms with Crippen molar-refractivity contribution in [2.75, 3.05) is 6.54 Å². The third-order valence-corrected chi connectivity index (χ3v) is 3.62. The van der Waals surface area contributed by atoms with Gasteiger partial charge in [0.1, 0.15) is 5.82 Å². The fraction of sp³-hybridized carbons (Fsp3) is 0.400. The van der Waals surface area contributed by atoms with Crippen LogP contribution in [0.15, 0.2) is 41.1 Å². The van der Waals surface area contributed by atoms with E-state index in [1.165, 1.54) is 5.56 Å². The Labute approximate surface area is 123 Å². The topological polar surface area (TPSA) is 40.7 Å². The molecule has 0 bridgehead atoms. The Bertz CT molecular complexity index is 465. The summed E-state index contributed by atoms with van der Waals surface area (Å²) < 4.78 is 1.13. The van der Waals surface area contributed by atoms with Gasteiger partial charge in [-0.3, -0.25) is 0 Å².